The van der Waals surface area contributed by atoms with E-state index >= 15 is 0 Å². The van der Waals surface area contributed by atoms with E-state index in [1.165, 1.54) is 19.3 Å². The van der Waals surface area contributed by atoms with E-state index in [0.29, 0.717) is 0 Å². The van der Waals surface area contributed by atoms with Gasteiger partial charge in [-0.3, -0.25) is 0 Å². The lowest BCUT2D eigenvalue weighted by Gasteiger charge is -2.07. The summed E-state index contributed by atoms with van der Waals surface area (Å²) in [7, 11) is 1.18. The van der Waals surface area contributed by atoms with Gasteiger partial charge in [0.05, 0.1) is 31.5 Å². The van der Waals surface area contributed by atoms with Crippen molar-refractivity contribution in [1.29, 1.82) is 0 Å². The third-order valence-corrected chi connectivity index (χ3v) is 1.93. The molecule has 0 aliphatic rings. The van der Waals surface area contributed by atoms with E-state index in [4.69, 9.17) is 14.9 Å². The molecule has 0 bridgehead atoms. The van der Waals surface area contributed by atoms with Crippen LogP contribution in [0.25, 0.3) is 0 Å². The number of hydrogen-bond acceptors (Lipinski definition) is 6. The monoisotopic (exact) mass is 244 g/mol. The molecule has 0 spiro atoms. The van der Waals surface area contributed by atoms with E-state index in [0.717, 1.165) is 0 Å². The van der Waals surface area contributed by atoms with Crippen molar-refractivity contribution in [2.24, 2.45) is 0 Å². The molecule has 0 heterocycles. The van der Waals surface area contributed by atoms with Gasteiger partial charge in [0, 0.05) is 0 Å². The molecule has 0 fully saturated rings. The Morgan fingerprint density at radius 2 is 1.82 bits per heavy atom. The normalized spacial score (nSPS) is 12.2. The first kappa shape index (κ1) is 15.3. The molecular formula is C11H16O6. The molecule has 0 unspecified atom stereocenters. The van der Waals surface area contributed by atoms with Crippen LogP contribution in [0, 0.1) is 0 Å². The fourth-order valence-corrected chi connectivity index (χ4v) is 0.952. The van der Waals surface area contributed by atoms with E-state index in [1.807, 2.05) is 0 Å². The van der Waals surface area contributed by atoms with Crippen LogP contribution < -0.4 is 0 Å². The maximum Gasteiger partial charge on any atom is 0.336 e. The lowest BCUT2D eigenvalue weighted by atomic mass is 10.2. The summed E-state index contributed by atoms with van der Waals surface area (Å²) in [6, 6.07) is 0. The largest absolute Gasteiger partial charge is 0.466 e. The average Bonchev–Trinajstić information content (AvgIpc) is 2.34. The van der Waals surface area contributed by atoms with E-state index in [-0.39, 0.29) is 24.4 Å². The fraction of sp³-hybridized carbons (Fsp3) is 0.455. The Balaban J connectivity index is 4.47. The number of hydrogen-bond donors (Lipinski definition) is 2. The van der Waals surface area contributed by atoms with Gasteiger partial charge in [-0.05, 0) is 13.0 Å². The van der Waals surface area contributed by atoms with E-state index in [2.05, 4.69) is 4.74 Å². The second kappa shape index (κ2) is 8.49. The van der Waals surface area contributed by atoms with Crippen LogP contribution in [0.1, 0.15) is 6.92 Å². The maximum absolute atomic E-state index is 11.3. The van der Waals surface area contributed by atoms with Crippen LogP contribution in [0.15, 0.2) is 23.3 Å². The number of aliphatic hydroxyl groups is 2. The minimum absolute atomic E-state index is 0.0387. The van der Waals surface area contributed by atoms with Gasteiger partial charge >= 0.3 is 11.9 Å². The summed E-state index contributed by atoms with van der Waals surface area (Å²) in [4.78, 5) is 22.5. The van der Waals surface area contributed by atoms with E-state index < -0.39 is 18.5 Å². The number of esters is 2. The second-order valence-corrected chi connectivity index (χ2v) is 2.95. The number of carbonyl (C=O) groups excluding carboxylic acids is 2. The number of carbonyl (C=O) groups is 2. The summed E-state index contributed by atoms with van der Waals surface area (Å²) in [6.45, 7) is 0.464. The Bertz CT molecular complexity index is 329. The zero-order valence-electron chi connectivity index (χ0n) is 9.80. The highest BCUT2D eigenvalue weighted by Crippen LogP contribution is 2.02. The lowest BCUT2D eigenvalue weighted by Crippen LogP contribution is -2.17. The van der Waals surface area contributed by atoms with E-state index in [9.17, 15) is 9.59 Å². The van der Waals surface area contributed by atoms with Crippen molar-refractivity contribution < 1.29 is 29.3 Å². The number of allylic oxidation sites excluding steroid dienone is 1. The molecule has 0 atom stereocenters. The smallest absolute Gasteiger partial charge is 0.336 e. The van der Waals surface area contributed by atoms with Crippen LogP contribution in [0.4, 0.5) is 0 Å². The van der Waals surface area contributed by atoms with Gasteiger partial charge in [0.15, 0.2) is 0 Å². The van der Waals surface area contributed by atoms with Crippen LogP contribution in [0.3, 0.4) is 0 Å². The summed E-state index contributed by atoms with van der Waals surface area (Å²) in [5, 5.41) is 17.5. The third-order valence-electron chi connectivity index (χ3n) is 1.93. The van der Waals surface area contributed by atoms with Gasteiger partial charge in [-0.1, -0.05) is 6.08 Å². The van der Waals surface area contributed by atoms with Crippen LogP contribution in [0.2, 0.25) is 0 Å². The quantitative estimate of drug-likeness (QED) is 0.486. The summed E-state index contributed by atoms with van der Waals surface area (Å²) in [6.07, 6.45) is 2.60. The molecule has 2 N–H and O–H groups in total. The number of rotatable bonds is 6. The Morgan fingerprint density at radius 1 is 1.18 bits per heavy atom. The van der Waals surface area contributed by atoms with Gasteiger partial charge in [0.2, 0.25) is 0 Å². The van der Waals surface area contributed by atoms with Crippen molar-refractivity contribution in [3.05, 3.63) is 23.3 Å². The van der Waals surface area contributed by atoms with E-state index in [1.54, 1.807) is 6.92 Å². The molecule has 0 aromatic rings. The predicted octanol–water partition coefficient (Wildman–Crippen LogP) is -0.440. The van der Waals surface area contributed by atoms with Gasteiger partial charge in [0.25, 0.3) is 0 Å². The third kappa shape index (κ3) is 5.28. The molecule has 17 heavy (non-hydrogen) atoms. The van der Waals surface area contributed by atoms with Crippen molar-refractivity contribution in [1.82, 2.24) is 0 Å². The molecule has 0 aromatic carbocycles. The van der Waals surface area contributed by atoms with Gasteiger partial charge < -0.3 is 19.7 Å². The Kier molecular flexibility index (Phi) is 7.66. The minimum Gasteiger partial charge on any atom is -0.466 e. The highest BCUT2D eigenvalue weighted by atomic mass is 16.5. The van der Waals surface area contributed by atoms with Crippen molar-refractivity contribution in [2.45, 2.75) is 6.92 Å². The summed E-state index contributed by atoms with van der Waals surface area (Å²) >= 11 is 0. The minimum atomic E-state index is -0.720. The number of aliphatic hydroxyl groups excluding tert-OH is 2. The molecule has 0 aliphatic carbocycles. The molecule has 0 rings (SSSR count). The predicted molar refractivity (Wildman–Crippen MR) is 59.0 cm³/mol. The number of methoxy groups -OCH3 is 1. The topological polar surface area (TPSA) is 93.1 Å². The highest BCUT2D eigenvalue weighted by Gasteiger charge is 2.14. The molecule has 0 amide bonds. The molecule has 96 valence electrons. The molecule has 0 saturated heterocycles. The van der Waals surface area contributed by atoms with Crippen LogP contribution in [-0.2, 0) is 19.1 Å². The van der Waals surface area contributed by atoms with Gasteiger partial charge in [-0.2, -0.15) is 0 Å². The first-order valence-corrected chi connectivity index (χ1v) is 4.92. The average molecular weight is 244 g/mol. The molecule has 0 saturated carbocycles. The maximum atomic E-state index is 11.3. The molecule has 0 aromatic heterocycles. The first-order chi connectivity index (χ1) is 8.10. The van der Waals surface area contributed by atoms with Gasteiger partial charge in [-0.15, -0.1) is 0 Å². The standard InChI is InChI=1S/C11H16O6/c1-3-8(6-13)11(15)17-7-9(4-5-12)10(14)16-2/h3-4,12-13H,5-7H2,1-2H3/b8-3+,9-4+. The Morgan fingerprint density at radius 3 is 2.24 bits per heavy atom. The Hall–Kier alpha value is -1.66. The molecule has 0 radical (unpaired) electrons. The SMILES string of the molecule is C/C=C(\CO)C(=O)OC/C(=C\CO)C(=O)OC. The molecular weight excluding hydrogens is 228 g/mol. The van der Waals surface area contributed by atoms with Crippen LogP contribution in [-0.4, -0.2) is 49.1 Å². The summed E-state index contributed by atoms with van der Waals surface area (Å²) in [5.74, 6) is -1.40. The second-order valence-electron chi connectivity index (χ2n) is 2.95. The summed E-state index contributed by atoms with van der Waals surface area (Å²) < 4.78 is 9.21. The lowest BCUT2D eigenvalue weighted by molar-refractivity contribution is -0.141. The van der Waals surface area contributed by atoms with Gasteiger partial charge in [0.1, 0.15) is 6.61 Å². The molecule has 0 aliphatic heterocycles. The zero-order valence-corrected chi connectivity index (χ0v) is 9.80. The van der Waals surface area contributed by atoms with Crippen molar-refractivity contribution in [3.8, 4) is 0 Å². The van der Waals surface area contributed by atoms with Crippen molar-refractivity contribution in [3.63, 3.8) is 0 Å². The molecule has 6 heteroatoms. The van der Waals surface area contributed by atoms with Crippen LogP contribution >= 0.6 is 0 Å². The van der Waals surface area contributed by atoms with Crippen molar-refractivity contribution >= 4 is 11.9 Å². The van der Waals surface area contributed by atoms with Crippen molar-refractivity contribution in [2.75, 3.05) is 26.9 Å². The van der Waals surface area contributed by atoms with Gasteiger partial charge in [-0.25, -0.2) is 9.59 Å². The fourth-order valence-electron chi connectivity index (χ4n) is 0.952. The molecule has 6 nitrogen and oxygen atoms in total. The Labute approximate surface area is 99.1 Å². The van der Waals surface area contributed by atoms with Crippen LogP contribution in [0.5, 0.6) is 0 Å². The highest BCUT2D eigenvalue weighted by molar-refractivity contribution is 5.91. The zero-order chi connectivity index (χ0) is 13.3. The summed E-state index contributed by atoms with van der Waals surface area (Å²) in [5.41, 5.74) is 0.134. The first-order valence-electron chi connectivity index (χ1n) is 4.92. The number of ether oxygens (including phenoxy) is 2.